The summed E-state index contributed by atoms with van der Waals surface area (Å²) < 4.78 is 51.4. The molecule has 2 nitrogen and oxygen atoms in total. The van der Waals surface area contributed by atoms with Crippen molar-refractivity contribution in [2.24, 2.45) is 0 Å². The number of hydrogen-bond acceptors (Lipinski definition) is 3. The Kier molecular flexibility index (Phi) is 2.88. The molecule has 1 unspecified atom stereocenters. The first-order valence-corrected chi connectivity index (χ1v) is 6.68. The molecule has 3 rings (SSSR count). The molecule has 1 aliphatic rings. The van der Waals surface area contributed by atoms with Crippen LogP contribution in [0, 0.1) is 5.82 Å². The third-order valence-electron chi connectivity index (χ3n) is 3.46. The first kappa shape index (κ1) is 13.5. The summed E-state index contributed by atoms with van der Waals surface area (Å²) in [6.45, 7) is 0. The van der Waals surface area contributed by atoms with Crippen molar-refractivity contribution in [3.8, 4) is 0 Å². The lowest BCUT2D eigenvalue weighted by atomic mass is 9.95. The molecule has 106 valence electrons. The smallest absolute Gasteiger partial charge is 0.379 e. The van der Waals surface area contributed by atoms with Gasteiger partial charge in [-0.05, 0) is 30.0 Å². The number of aliphatic hydroxyl groups is 1. The second-order valence-electron chi connectivity index (χ2n) is 4.65. The molecular formula is C13H9F4NOS. The van der Waals surface area contributed by atoms with Gasteiger partial charge in [-0.25, -0.2) is 9.37 Å². The number of aromatic nitrogens is 1. The van der Waals surface area contributed by atoms with Crippen LogP contribution in [0.2, 0.25) is 0 Å². The summed E-state index contributed by atoms with van der Waals surface area (Å²) in [6, 6.07) is 4.26. The summed E-state index contributed by atoms with van der Waals surface area (Å²) in [5.74, 6) is -0.445. The average Bonchev–Trinajstić information content (AvgIpc) is 2.96. The highest BCUT2D eigenvalue weighted by atomic mass is 32.1. The Labute approximate surface area is 115 Å². The van der Waals surface area contributed by atoms with Crippen molar-refractivity contribution in [3.05, 3.63) is 51.2 Å². The molecule has 7 heteroatoms. The number of nitrogens with zero attached hydrogens (tertiary/aromatic N) is 1. The van der Waals surface area contributed by atoms with E-state index < -0.39 is 22.6 Å². The van der Waals surface area contributed by atoms with Gasteiger partial charge in [-0.1, -0.05) is 12.1 Å². The monoisotopic (exact) mass is 303 g/mol. The maximum absolute atomic E-state index is 13.6. The zero-order valence-corrected chi connectivity index (χ0v) is 10.9. The van der Waals surface area contributed by atoms with Crippen LogP contribution in [0.3, 0.4) is 0 Å². The number of alkyl halides is 3. The molecule has 1 atom stereocenters. The maximum atomic E-state index is 13.6. The molecule has 0 aliphatic heterocycles. The Morgan fingerprint density at radius 1 is 1.30 bits per heavy atom. The van der Waals surface area contributed by atoms with E-state index in [0.717, 1.165) is 6.20 Å². The van der Waals surface area contributed by atoms with Gasteiger partial charge in [0.1, 0.15) is 11.4 Å². The molecule has 1 aromatic heterocycles. The Bertz CT molecular complexity index is 667. The number of halogens is 4. The summed E-state index contributed by atoms with van der Waals surface area (Å²) in [7, 11) is 0. The Morgan fingerprint density at radius 3 is 2.70 bits per heavy atom. The normalized spacial score (nSPS) is 22.1. The first-order chi connectivity index (χ1) is 9.32. The summed E-state index contributed by atoms with van der Waals surface area (Å²) in [5, 5.41) is 9.65. The van der Waals surface area contributed by atoms with Gasteiger partial charge in [-0.3, -0.25) is 0 Å². The predicted octanol–water partition coefficient (Wildman–Crippen LogP) is 3.48. The molecule has 0 saturated heterocycles. The van der Waals surface area contributed by atoms with Crippen LogP contribution in [0.4, 0.5) is 17.6 Å². The molecule has 1 aliphatic carbocycles. The predicted molar refractivity (Wildman–Crippen MR) is 64.8 cm³/mol. The minimum absolute atomic E-state index is 0.0918. The van der Waals surface area contributed by atoms with E-state index in [1.54, 1.807) is 6.07 Å². The van der Waals surface area contributed by atoms with Crippen molar-refractivity contribution in [2.75, 3.05) is 0 Å². The fourth-order valence-corrected chi connectivity index (χ4v) is 3.41. The third kappa shape index (κ3) is 1.92. The number of fused-ring (bicyclic) bond motifs is 1. The van der Waals surface area contributed by atoms with E-state index in [9.17, 15) is 22.7 Å². The van der Waals surface area contributed by atoms with E-state index in [1.165, 1.54) is 12.1 Å². The van der Waals surface area contributed by atoms with Gasteiger partial charge < -0.3 is 5.11 Å². The highest BCUT2D eigenvalue weighted by Crippen LogP contribution is 2.46. The lowest BCUT2D eigenvalue weighted by Crippen LogP contribution is -2.22. The van der Waals surface area contributed by atoms with E-state index in [2.05, 4.69) is 4.98 Å². The fraction of sp³-hybridized carbons (Fsp3) is 0.308. The lowest BCUT2D eigenvalue weighted by molar-refractivity contribution is -0.137. The molecule has 2 aromatic rings. The summed E-state index contributed by atoms with van der Waals surface area (Å²) in [6.07, 6.45) is -3.07. The molecule has 0 amide bonds. The highest BCUT2D eigenvalue weighted by molar-refractivity contribution is 7.11. The summed E-state index contributed by atoms with van der Waals surface area (Å²) >= 11 is 0.397. The molecule has 0 radical (unpaired) electrons. The zero-order valence-electron chi connectivity index (χ0n) is 10.0. The Hall–Kier alpha value is -1.47. The van der Waals surface area contributed by atoms with Gasteiger partial charge in [0.25, 0.3) is 0 Å². The van der Waals surface area contributed by atoms with E-state index in [4.69, 9.17) is 0 Å². The molecule has 1 aromatic carbocycles. The Balaban J connectivity index is 2.08. The molecular weight excluding hydrogens is 294 g/mol. The molecule has 0 fully saturated rings. The van der Waals surface area contributed by atoms with Crippen LogP contribution in [0.5, 0.6) is 0 Å². The van der Waals surface area contributed by atoms with Crippen LogP contribution in [-0.4, -0.2) is 10.1 Å². The topological polar surface area (TPSA) is 33.1 Å². The molecule has 0 bridgehead atoms. The number of rotatable bonds is 1. The number of hydrogen-bond donors (Lipinski definition) is 1. The van der Waals surface area contributed by atoms with Crippen LogP contribution < -0.4 is 0 Å². The van der Waals surface area contributed by atoms with Crippen molar-refractivity contribution in [3.63, 3.8) is 0 Å². The molecule has 0 saturated carbocycles. The maximum Gasteiger partial charge on any atom is 0.443 e. The average molecular weight is 303 g/mol. The van der Waals surface area contributed by atoms with Crippen LogP contribution in [0.25, 0.3) is 0 Å². The largest absolute Gasteiger partial charge is 0.443 e. The van der Waals surface area contributed by atoms with Crippen molar-refractivity contribution in [1.82, 2.24) is 4.98 Å². The second kappa shape index (κ2) is 4.26. The fourth-order valence-electron chi connectivity index (χ4n) is 2.49. The molecule has 1 heterocycles. The summed E-state index contributed by atoms with van der Waals surface area (Å²) in [4.78, 5) is 3.40. The van der Waals surface area contributed by atoms with Gasteiger partial charge in [0, 0.05) is 6.20 Å². The quantitative estimate of drug-likeness (QED) is 0.818. The second-order valence-corrected chi connectivity index (χ2v) is 5.68. The van der Waals surface area contributed by atoms with Gasteiger partial charge >= 0.3 is 6.18 Å². The zero-order chi connectivity index (χ0) is 14.5. The lowest BCUT2D eigenvalue weighted by Gasteiger charge is -2.22. The van der Waals surface area contributed by atoms with Crippen LogP contribution in [0.15, 0.2) is 24.4 Å². The van der Waals surface area contributed by atoms with E-state index in [1.807, 2.05) is 0 Å². The van der Waals surface area contributed by atoms with Gasteiger partial charge in [-0.2, -0.15) is 13.2 Å². The first-order valence-electron chi connectivity index (χ1n) is 5.86. The van der Waals surface area contributed by atoms with E-state index in [0.29, 0.717) is 22.5 Å². The van der Waals surface area contributed by atoms with Gasteiger partial charge in [0.2, 0.25) is 0 Å². The van der Waals surface area contributed by atoms with Gasteiger partial charge in [0.15, 0.2) is 5.01 Å². The number of thiazole rings is 1. The van der Waals surface area contributed by atoms with Crippen LogP contribution in [0.1, 0.15) is 27.4 Å². The minimum atomic E-state index is -4.54. The molecule has 1 N–H and O–H groups in total. The van der Waals surface area contributed by atoms with E-state index >= 15 is 0 Å². The number of benzene rings is 1. The van der Waals surface area contributed by atoms with Crippen molar-refractivity contribution < 1.29 is 22.7 Å². The van der Waals surface area contributed by atoms with Crippen molar-refractivity contribution in [1.29, 1.82) is 0 Å². The van der Waals surface area contributed by atoms with Gasteiger partial charge in [-0.15, -0.1) is 11.3 Å². The summed E-state index contributed by atoms with van der Waals surface area (Å²) in [5.41, 5.74) is -0.898. The van der Waals surface area contributed by atoms with Gasteiger partial charge in [0.05, 0.1) is 4.88 Å². The molecule has 0 spiro atoms. The standard InChI is InChI=1S/C13H9F4NOS/c14-9-3-1-2-8-7(9)4-5-12(8,19)10-6-18-11(20-10)13(15,16)17/h1-3,6,19H,4-5H2. The highest BCUT2D eigenvalue weighted by Gasteiger charge is 2.43. The third-order valence-corrected chi connectivity index (χ3v) is 4.65. The molecule has 20 heavy (non-hydrogen) atoms. The SMILES string of the molecule is OC1(c2cnc(C(F)(F)F)s2)CCc2c(F)cccc21. The van der Waals surface area contributed by atoms with Crippen LogP contribution in [-0.2, 0) is 18.2 Å². The Morgan fingerprint density at radius 2 is 2.05 bits per heavy atom. The van der Waals surface area contributed by atoms with Crippen molar-refractivity contribution in [2.45, 2.75) is 24.6 Å². The minimum Gasteiger partial charge on any atom is -0.379 e. The van der Waals surface area contributed by atoms with Crippen molar-refractivity contribution >= 4 is 11.3 Å². The van der Waals surface area contributed by atoms with Crippen LogP contribution >= 0.6 is 11.3 Å². The van der Waals surface area contributed by atoms with E-state index in [-0.39, 0.29) is 17.7 Å².